The van der Waals surface area contributed by atoms with Gasteiger partial charge in [-0.3, -0.25) is 4.90 Å². The predicted molar refractivity (Wildman–Crippen MR) is 88.4 cm³/mol. The van der Waals surface area contributed by atoms with Crippen molar-refractivity contribution in [3.63, 3.8) is 0 Å². The van der Waals surface area contributed by atoms with E-state index in [0.717, 1.165) is 5.75 Å². The van der Waals surface area contributed by atoms with Gasteiger partial charge in [0.05, 0.1) is 13.7 Å². The molecule has 8 heteroatoms. The van der Waals surface area contributed by atoms with E-state index >= 15 is 0 Å². The quantitative estimate of drug-likeness (QED) is 0.808. The summed E-state index contributed by atoms with van der Waals surface area (Å²) in [5, 5.41) is 10.4. The van der Waals surface area contributed by atoms with Gasteiger partial charge in [-0.15, -0.1) is 12.4 Å². The Morgan fingerprint density at radius 1 is 1.35 bits per heavy atom. The average molecular weight is 364 g/mol. The van der Waals surface area contributed by atoms with E-state index < -0.39 is 6.16 Å². The number of methoxy groups -OCH3 is 1. The highest BCUT2D eigenvalue weighted by Gasteiger charge is 2.22. The summed E-state index contributed by atoms with van der Waals surface area (Å²) in [6.45, 7) is 2.13. The van der Waals surface area contributed by atoms with Crippen LogP contribution in [0.1, 0.15) is 6.42 Å². The van der Waals surface area contributed by atoms with Crippen LogP contribution >= 0.6 is 24.0 Å². The van der Waals surface area contributed by atoms with Gasteiger partial charge in [0.25, 0.3) is 0 Å². The van der Waals surface area contributed by atoms with Crippen molar-refractivity contribution in [2.45, 2.75) is 6.42 Å². The molecule has 0 aromatic heterocycles. The van der Waals surface area contributed by atoms with Crippen molar-refractivity contribution in [2.75, 3.05) is 33.4 Å². The molecule has 1 aliphatic rings. The Hall–Kier alpha value is -1.63. The summed E-state index contributed by atoms with van der Waals surface area (Å²) in [7, 11) is 1.22. The zero-order valence-corrected chi connectivity index (χ0v) is 14.2. The van der Waals surface area contributed by atoms with Crippen LogP contribution in [-0.4, -0.2) is 49.5 Å². The van der Waals surface area contributed by atoms with Gasteiger partial charge in [0.2, 0.25) is 0 Å². The van der Waals surface area contributed by atoms with Gasteiger partial charge >= 0.3 is 6.16 Å². The van der Waals surface area contributed by atoms with E-state index in [-0.39, 0.29) is 23.9 Å². The molecule has 1 N–H and O–H groups in total. The second-order valence-corrected chi connectivity index (χ2v) is 5.19. The lowest BCUT2D eigenvalue weighted by Gasteiger charge is -2.27. The van der Waals surface area contributed by atoms with Crippen LogP contribution in [-0.2, 0) is 9.47 Å². The van der Waals surface area contributed by atoms with Crippen LogP contribution in [0.25, 0.3) is 0 Å². The van der Waals surface area contributed by atoms with Crippen LogP contribution in [0.2, 0.25) is 5.02 Å². The number of ether oxygens (including phenoxy) is 3. The van der Waals surface area contributed by atoms with Crippen molar-refractivity contribution in [1.29, 1.82) is 0 Å². The predicted octanol–water partition coefficient (Wildman–Crippen LogP) is 3.40. The van der Waals surface area contributed by atoms with Crippen LogP contribution in [0, 0.1) is 0 Å². The molecule has 0 fully saturated rings. The first-order valence-corrected chi connectivity index (χ1v) is 7.24. The second kappa shape index (κ2) is 9.50. The molecular weight excluding hydrogens is 345 g/mol. The lowest BCUT2D eigenvalue weighted by atomic mass is 10.2. The van der Waals surface area contributed by atoms with Crippen LogP contribution in [0.5, 0.6) is 5.75 Å². The van der Waals surface area contributed by atoms with Crippen molar-refractivity contribution in [1.82, 2.24) is 4.90 Å². The van der Waals surface area contributed by atoms with Crippen LogP contribution in [0.15, 0.2) is 35.8 Å². The summed E-state index contributed by atoms with van der Waals surface area (Å²) in [6, 6.07) is 7.13. The van der Waals surface area contributed by atoms with E-state index in [9.17, 15) is 9.90 Å². The average Bonchev–Trinajstić information content (AvgIpc) is 2.52. The molecule has 1 aromatic carbocycles. The van der Waals surface area contributed by atoms with Crippen LogP contribution < -0.4 is 4.74 Å². The third kappa shape index (κ3) is 6.17. The topological polar surface area (TPSA) is 68.2 Å². The summed E-state index contributed by atoms with van der Waals surface area (Å²) >= 11 is 5.81. The molecule has 1 aromatic rings. The first-order chi connectivity index (χ1) is 10.6. The van der Waals surface area contributed by atoms with Gasteiger partial charge in [0, 0.05) is 24.5 Å². The van der Waals surface area contributed by atoms with Gasteiger partial charge in [0.1, 0.15) is 18.1 Å². The Kier molecular flexibility index (Phi) is 8.02. The summed E-state index contributed by atoms with van der Waals surface area (Å²) in [5.74, 6) is 1.05. The molecule has 6 nitrogen and oxygen atoms in total. The van der Waals surface area contributed by atoms with Crippen molar-refractivity contribution < 1.29 is 24.1 Å². The molecular formula is C15H19Cl2NO5. The Bertz CT molecular complexity index is 547. The number of nitrogens with zero attached hydrogens (tertiary/aromatic N) is 1. The van der Waals surface area contributed by atoms with Gasteiger partial charge in [-0.1, -0.05) is 11.6 Å². The second-order valence-electron chi connectivity index (χ2n) is 4.75. The summed E-state index contributed by atoms with van der Waals surface area (Å²) in [5.41, 5.74) is 0. The van der Waals surface area contributed by atoms with Crippen molar-refractivity contribution in [2.24, 2.45) is 0 Å². The number of rotatable bonds is 5. The van der Waals surface area contributed by atoms with E-state index in [2.05, 4.69) is 4.74 Å². The maximum atomic E-state index is 11.1. The number of aliphatic hydroxyl groups excluding tert-OH is 1. The summed E-state index contributed by atoms with van der Waals surface area (Å²) < 4.78 is 15.0. The maximum absolute atomic E-state index is 11.1. The number of benzene rings is 1. The third-order valence-corrected chi connectivity index (χ3v) is 3.47. The number of halogens is 2. The minimum absolute atomic E-state index is 0. The molecule has 1 heterocycles. The van der Waals surface area contributed by atoms with E-state index in [1.54, 1.807) is 24.3 Å². The SMILES string of the molecule is COC(=O)OC1=C(O)CCN(CCOc2ccc(Cl)cc2)C1.Cl. The minimum Gasteiger partial charge on any atom is -0.509 e. The summed E-state index contributed by atoms with van der Waals surface area (Å²) in [6.07, 6.45) is -0.409. The van der Waals surface area contributed by atoms with Gasteiger partial charge in [0.15, 0.2) is 5.76 Å². The number of hydrogen-bond acceptors (Lipinski definition) is 6. The molecule has 0 aliphatic carbocycles. The van der Waals surface area contributed by atoms with Crippen molar-refractivity contribution in [3.05, 3.63) is 40.8 Å². The van der Waals surface area contributed by atoms with Crippen LogP contribution in [0.4, 0.5) is 4.79 Å². The zero-order chi connectivity index (χ0) is 15.9. The smallest absolute Gasteiger partial charge is 0.509 e. The lowest BCUT2D eigenvalue weighted by Crippen LogP contribution is -2.36. The molecule has 2 rings (SSSR count). The Balaban J connectivity index is 0.00000264. The van der Waals surface area contributed by atoms with E-state index in [1.807, 2.05) is 4.90 Å². The Morgan fingerprint density at radius 3 is 2.70 bits per heavy atom. The normalized spacial score (nSPS) is 14.9. The fraction of sp³-hybridized carbons (Fsp3) is 0.400. The number of carbonyl (C=O) groups is 1. The molecule has 1 aliphatic heterocycles. The zero-order valence-electron chi connectivity index (χ0n) is 12.7. The van der Waals surface area contributed by atoms with Gasteiger partial charge in [-0.05, 0) is 24.3 Å². The molecule has 0 spiro atoms. The largest absolute Gasteiger partial charge is 0.513 e. The van der Waals surface area contributed by atoms with Gasteiger partial charge < -0.3 is 19.3 Å². The molecule has 0 radical (unpaired) electrons. The van der Waals surface area contributed by atoms with Gasteiger partial charge in [-0.25, -0.2) is 4.79 Å². The molecule has 128 valence electrons. The first-order valence-electron chi connectivity index (χ1n) is 6.86. The highest BCUT2D eigenvalue weighted by Crippen LogP contribution is 2.18. The summed E-state index contributed by atoms with van der Waals surface area (Å²) in [4.78, 5) is 13.1. The lowest BCUT2D eigenvalue weighted by molar-refractivity contribution is 0.0771. The number of hydrogen-bond donors (Lipinski definition) is 1. The Labute approximate surface area is 146 Å². The van der Waals surface area contributed by atoms with Crippen LogP contribution in [0.3, 0.4) is 0 Å². The fourth-order valence-electron chi connectivity index (χ4n) is 2.02. The third-order valence-electron chi connectivity index (χ3n) is 3.22. The van der Waals surface area contributed by atoms with Crippen molar-refractivity contribution >= 4 is 30.2 Å². The fourth-order valence-corrected chi connectivity index (χ4v) is 2.15. The molecule has 0 amide bonds. The number of aliphatic hydroxyl groups is 1. The van der Waals surface area contributed by atoms with E-state index in [0.29, 0.717) is 37.7 Å². The minimum atomic E-state index is -0.833. The first kappa shape index (κ1) is 19.4. The Morgan fingerprint density at radius 2 is 2.04 bits per heavy atom. The van der Waals surface area contributed by atoms with E-state index in [4.69, 9.17) is 21.1 Å². The van der Waals surface area contributed by atoms with Crippen molar-refractivity contribution in [3.8, 4) is 5.75 Å². The molecule has 0 bridgehead atoms. The maximum Gasteiger partial charge on any atom is 0.513 e. The highest BCUT2D eigenvalue weighted by atomic mass is 35.5. The molecule has 0 saturated carbocycles. The molecule has 23 heavy (non-hydrogen) atoms. The van der Waals surface area contributed by atoms with E-state index in [1.165, 1.54) is 7.11 Å². The monoisotopic (exact) mass is 363 g/mol. The standard InChI is InChI=1S/C15H18ClNO5.ClH/c1-20-15(19)22-14-10-17(7-6-13(14)18)8-9-21-12-4-2-11(16)3-5-12;/h2-5,18H,6-10H2,1H3;1H. The molecule has 0 saturated heterocycles. The van der Waals surface area contributed by atoms with Gasteiger partial charge in [-0.2, -0.15) is 0 Å². The molecule has 0 unspecified atom stereocenters. The molecule has 0 atom stereocenters. The number of carbonyl (C=O) groups excluding carboxylic acids is 1. The highest BCUT2D eigenvalue weighted by molar-refractivity contribution is 6.30.